The molecule has 1 atom stereocenters. The van der Waals surface area contributed by atoms with Gasteiger partial charge in [-0.2, -0.15) is 0 Å². The van der Waals surface area contributed by atoms with Crippen LogP contribution in [-0.2, 0) is 9.53 Å². The average Bonchev–Trinajstić information content (AvgIpc) is 2.67. The Kier molecular flexibility index (Phi) is 6.89. The average molecular weight is 327 g/mol. The summed E-state index contributed by atoms with van der Waals surface area (Å²) in [4.78, 5) is 12.5. The molecule has 2 aromatic carbocycles. The van der Waals surface area contributed by atoms with Gasteiger partial charge in [0.15, 0.2) is 12.2 Å². The van der Waals surface area contributed by atoms with Gasteiger partial charge >= 0.3 is 5.97 Å². The van der Waals surface area contributed by atoms with Crippen LogP contribution < -0.4 is 0 Å². The highest BCUT2D eigenvalue weighted by Gasteiger charge is 2.23. The van der Waals surface area contributed by atoms with Gasteiger partial charge in [-0.15, -0.1) is 0 Å². The largest absolute Gasteiger partial charge is 0.451 e. The van der Waals surface area contributed by atoms with Gasteiger partial charge < -0.3 is 9.85 Å². The maximum absolute atomic E-state index is 12.5. The normalized spacial score (nSPS) is 12.7. The van der Waals surface area contributed by atoms with E-state index in [9.17, 15) is 4.79 Å². The third-order valence-electron chi connectivity index (χ3n) is 4.02. The molecular weight excluding hydrogens is 300 g/mol. The monoisotopic (exact) mass is 327 g/mol. The van der Waals surface area contributed by atoms with E-state index in [1.807, 2.05) is 60.7 Å². The van der Waals surface area contributed by atoms with Crippen molar-refractivity contribution in [2.45, 2.75) is 51.2 Å². The third-order valence-corrected chi connectivity index (χ3v) is 4.02. The zero-order chi connectivity index (χ0) is 17.9. The summed E-state index contributed by atoms with van der Waals surface area (Å²) in [6, 6.07) is 19.3. The number of aliphatic hydroxyl groups is 1. The van der Waals surface area contributed by atoms with Gasteiger partial charge in [-0.05, 0) is 17.5 Å². The summed E-state index contributed by atoms with van der Waals surface area (Å²) in [6.07, 6.45) is 3.31. The molecule has 0 aliphatic heterocycles. The molecule has 128 valence electrons. The number of hydrogen-bond acceptors (Lipinski definition) is 3. The van der Waals surface area contributed by atoms with E-state index in [2.05, 4.69) is 12.0 Å². The van der Waals surface area contributed by atoms with Gasteiger partial charge in [0.25, 0.3) is 0 Å². The van der Waals surface area contributed by atoms with Gasteiger partial charge in [-0.25, -0.2) is 4.79 Å². The van der Waals surface area contributed by atoms with Gasteiger partial charge in [0.05, 0.1) is 0 Å². The molecular formula is C21H26O3. The quantitative estimate of drug-likeness (QED) is 0.510. The molecule has 0 aliphatic carbocycles. The van der Waals surface area contributed by atoms with Crippen molar-refractivity contribution in [3.8, 4) is 0 Å². The minimum atomic E-state index is -0.841. The Morgan fingerprint density at radius 2 is 1.58 bits per heavy atom. The molecule has 0 amide bonds. The highest BCUT2D eigenvalue weighted by molar-refractivity contribution is 5.75. The number of benzene rings is 2. The molecule has 0 spiro atoms. The van der Waals surface area contributed by atoms with E-state index in [0.717, 1.165) is 36.8 Å². The van der Waals surface area contributed by atoms with Crippen LogP contribution in [-0.4, -0.2) is 18.6 Å². The molecule has 1 N–H and O–H groups in total. The third kappa shape index (κ3) is 5.50. The van der Waals surface area contributed by atoms with E-state index in [1.165, 1.54) is 0 Å². The zero-order valence-corrected chi connectivity index (χ0v) is 14.2. The van der Waals surface area contributed by atoms with E-state index in [0.29, 0.717) is 6.42 Å². The van der Waals surface area contributed by atoms with E-state index in [-0.39, 0.29) is 0 Å². The molecule has 2 aromatic rings. The maximum atomic E-state index is 12.5. The SMILES string of the molecule is [2H]OC(CCCCCC)C(=O)OC(c1ccccc1)c1ccccc1. The molecule has 1 unspecified atom stereocenters. The first kappa shape index (κ1) is 16.7. The Labute approximate surface area is 145 Å². The highest BCUT2D eigenvalue weighted by Crippen LogP contribution is 2.26. The molecule has 24 heavy (non-hydrogen) atoms. The Bertz CT molecular complexity index is 576. The number of unbranched alkanes of at least 4 members (excludes halogenated alkanes) is 3. The fourth-order valence-electron chi connectivity index (χ4n) is 2.65. The molecule has 0 aromatic heterocycles. The first-order valence-corrected chi connectivity index (χ1v) is 8.68. The minimum absolute atomic E-state index is 0.482. The van der Waals surface area contributed by atoms with Gasteiger partial charge in [0.2, 0.25) is 1.43 Å². The molecule has 0 bridgehead atoms. The molecule has 3 nitrogen and oxygen atoms in total. The molecule has 3 heteroatoms. The summed E-state index contributed by atoms with van der Waals surface area (Å²) in [5.41, 5.74) is 1.80. The van der Waals surface area contributed by atoms with Crippen molar-refractivity contribution in [1.82, 2.24) is 0 Å². The summed E-state index contributed by atoms with van der Waals surface area (Å²) in [5.74, 6) is -0.482. The number of carbonyl (C=O) groups is 1. The maximum Gasteiger partial charge on any atom is 0.335 e. The van der Waals surface area contributed by atoms with Crippen molar-refractivity contribution in [1.29, 1.82) is 1.43 Å². The highest BCUT2D eigenvalue weighted by atomic mass is 16.6. The van der Waals surface area contributed by atoms with Gasteiger partial charge in [-0.3, -0.25) is 0 Å². The summed E-state index contributed by atoms with van der Waals surface area (Å²) in [5, 5.41) is 4.64. The van der Waals surface area contributed by atoms with Crippen molar-refractivity contribution in [3.63, 3.8) is 0 Å². The van der Waals surface area contributed by atoms with Crippen molar-refractivity contribution in [2.75, 3.05) is 0 Å². The van der Waals surface area contributed by atoms with Crippen LogP contribution >= 0.6 is 0 Å². The van der Waals surface area contributed by atoms with E-state index >= 15 is 0 Å². The lowest BCUT2D eigenvalue weighted by Crippen LogP contribution is -2.25. The molecule has 0 fully saturated rings. The topological polar surface area (TPSA) is 46.5 Å². The molecule has 0 radical (unpaired) electrons. The second-order valence-electron chi connectivity index (χ2n) is 5.98. The molecule has 0 heterocycles. The number of ether oxygens (including phenoxy) is 1. The van der Waals surface area contributed by atoms with Crippen LogP contribution in [0.5, 0.6) is 0 Å². The second kappa shape index (κ2) is 9.89. The molecule has 0 saturated heterocycles. The number of hydrogen-bond donors (Lipinski definition) is 1. The molecule has 0 saturated carbocycles. The van der Waals surface area contributed by atoms with Gasteiger partial charge in [-0.1, -0.05) is 93.3 Å². The van der Waals surface area contributed by atoms with E-state index in [4.69, 9.17) is 6.17 Å². The van der Waals surface area contributed by atoms with Gasteiger partial charge in [0.1, 0.15) is 0 Å². The van der Waals surface area contributed by atoms with Crippen molar-refractivity contribution < 1.29 is 14.6 Å². The predicted octanol–water partition coefficient (Wildman–Crippen LogP) is 4.65. The van der Waals surface area contributed by atoms with Crippen molar-refractivity contribution >= 4 is 5.97 Å². The van der Waals surface area contributed by atoms with E-state index < -0.39 is 18.2 Å². The van der Waals surface area contributed by atoms with Crippen LogP contribution in [0.25, 0.3) is 0 Å². The Morgan fingerprint density at radius 1 is 1.00 bits per heavy atom. The van der Waals surface area contributed by atoms with Crippen LogP contribution in [0.4, 0.5) is 0 Å². The summed E-state index contributed by atoms with van der Waals surface area (Å²) >= 11 is 0. The van der Waals surface area contributed by atoms with E-state index in [1.54, 1.807) is 0 Å². The first-order valence-electron chi connectivity index (χ1n) is 9.09. The fourth-order valence-corrected chi connectivity index (χ4v) is 2.65. The summed E-state index contributed by atoms with van der Waals surface area (Å²) < 4.78 is 13.0. The van der Waals surface area contributed by atoms with Gasteiger partial charge in [0, 0.05) is 0 Å². The Morgan fingerprint density at radius 3 is 2.08 bits per heavy atom. The number of esters is 1. The van der Waals surface area contributed by atoms with Crippen LogP contribution in [0.15, 0.2) is 60.7 Å². The molecule has 2 rings (SSSR count). The minimum Gasteiger partial charge on any atom is -0.451 e. The van der Waals surface area contributed by atoms with Crippen LogP contribution in [0, 0.1) is 0 Å². The standard InChI is InChI=1S/C21H26O3/c1-2-3-4-11-16-19(22)21(23)24-20(17-12-7-5-8-13-17)18-14-9-6-10-15-18/h5-10,12-15,19-20,22H,2-4,11,16H2,1H3/i22D. The summed E-state index contributed by atoms with van der Waals surface area (Å²) in [6.45, 7) is 2.14. The lowest BCUT2D eigenvalue weighted by atomic mass is 10.0. The second-order valence-corrected chi connectivity index (χ2v) is 5.98. The number of rotatable bonds is 10. The summed E-state index contributed by atoms with van der Waals surface area (Å²) in [7, 11) is 0. The Balaban J connectivity index is 2.09. The van der Waals surface area contributed by atoms with Crippen LogP contribution in [0.3, 0.4) is 0 Å². The fraction of sp³-hybridized carbons (Fsp3) is 0.381. The van der Waals surface area contributed by atoms with Crippen LogP contribution in [0.2, 0.25) is 0 Å². The van der Waals surface area contributed by atoms with Crippen LogP contribution in [0.1, 0.15) is 56.3 Å². The molecule has 0 aliphatic rings. The first-order chi connectivity index (χ1) is 12.3. The smallest absolute Gasteiger partial charge is 0.335 e. The van der Waals surface area contributed by atoms with Crippen molar-refractivity contribution in [2.24, 2.45) is 0 Å². The lowest BCUT2D eigenvalue weighted by Gasteiger charge is -2.20. The number of aliphatic hydroxyl groups excluding tert-OH is 1. The van der Waals surface area contributed by atoms with Crippen molar-refractivity contribution in [3.05, 3.63) is 71.8 Å². The number of carbonyl (C=O) groups excluding carboxylic acids is 1. The predicted molar refractivity (Wildman–Crippen MR) is 95.6 cm³/mol. The zero-order valence-electron chi connectivity index (χ0n) is 15.2. The Hall–Kier alpha value is -2.13. The lowest BCUT2D eigenvalue weighted by molar-refractivity contribution is -0.158.